The van der Waals surface area contributed by atoms with Gasteiger partial charge in [0.05, 0.1) is 0 Å². The van der Waals surface area contributed by atoms with Crippen molar-refractivity contribution >= 4 is 23.4 Å². The molecule has 6 heteroatoms. The monoisotopic (exact) mass is 401 g/mol. The van der Waals surface area contributed by atoms with E-state index in [1.165, 1.54) is 16.7 Å². The Hall–Kier alpha value is -1.98. The zero-order valence-electron chi connectivity index (χ0n) is 16.1. The molecule has 0 aliphatic carbocycles. The number of nitrogens with zero attached hydrogens (tertiary/aromatic N) is 3. The summed E-state index contributed by atoms with van der Waals surface area (Å²) in [5, 5.41) is 10.4. The van der Waals surface area contributed by atoms with Crippen molar-refractivity contribution in [3.05, 3.63) is 70.0 Å². The van der Waals surface area contributed by atoms with E-state index in [1.807, 2.05) is 37.3 Å². The lowest BCUT2D eigenvalue weighted by atomic mass is 10.1. The molecule has 1 aromatic heterocycles. The van der Waals surface area contributed by atoms with Crippen LogP contribution >= 0.6 is 23.4 Å². The predicted molar refractivity (Wildman–Crippen MR) is 112 cm³/mol. The number of halogens is 1. The van der Waals surface area contributed by atoms with Crippen molar-refractivity contribution in [1.29, 1.82) is 0 Å². The summed E-state index contributed by atoms with van der Waals surface area (Å²) in [5.74, 6) is 2.49. The number of aryl methyl sites for hydroxylation is 2. The van der Waals surface area contributed by atoms with Gasteiger partial charge in [-0.2, -0.15) is 0 Å². The minimum absolute atomic E-state index is 0.181. The number of aromatic nitrogens is 3. The van der Waals surface area contributed by atoms with Crippen LogP contribution in [-0.4, -0.2) is 14.8 Å². The first-order valence-electron chi connectivity index (χ1n) is 9.01. The van der Waals surface area contributed by atoms with Gasteiger partial charge in [0.1, 0.15) is 5.75 Å². The molecular formula is C21H24ClN3OS. The van der Waals surface area contributed by atoms with Crippen LogP contribution in [0.25, 0.3) is 0 Å². The summed E-state index contributed by atoms with van der Waals surface area (Å²) >= 11 is 7.73. The van der Waals surface area contributed by atoms with Crippen molar-refractivity contribution < 1.29 is 4.74 Å². The lowest BCUT2D eigenvalue weighted by Gasteiger charge is -2.16. The molecule has 0 radical (unpaired) electrons. The molecule has 2 aromatic carbocycles. The normalized spacial score (nSPS) is 12.2. The fraction of sp³-hybridized carbons (Fsp3) is 0.333. The molecule has 0 N–H and O–H groups in total. The highest BCUT2D eigenvalue weighted by Gasteiger charge is 2.19. The van der Waals surface area contributed by atoms with Crippen LogP contribution in [-0.2, 0) is 12.3 Å². The standard InChI is InChI=1S/C21H24ClN3OS/c1-5-25-20(16(4)26-19-10-14(2)9-15(3)11-19)23-24-21(25)27-13-17-7-6-8-18(22)12-17/h6-12,16H,5,13H2,1-4H3. The van der Waals surface area contributed by atoms with Crippen LogP contribution in [0.15, 0.2) is 47.6 Å². The van der Waals surface area contributed by atoms with Gasteiger partial charge in [-0.25, -0.2) is 0 Å². The van der Waals surface area contributed by atoms with Crippen LogP contribution in [0.3, 0.4) is 0 Å². The number of thioether (sulfide) groups is 1. The van der Waals surface area contributed by atoms with Crippen LogP contribution in [0, 0.1) is 13.8 Å². The Morgan fingerprint density at radius 2 is 1.85 bits per heavy atom. The minimum atomic E-state index is -0.181. The third-order valence-corrected chi connectivity index (χ3v) is 5.46. The third kappa shape index (κ3) is 5.05. The molecule has 0 saturated heterocycles. The van der Waals surface area contributed by atoms with Crippen molar-refractivity contribution in [3.63, 3.8) is 0 Å². The first kappa shape index (κ1) is 19.8. The number of ether oxygens (including phenoxy) is 1. The molecule has 1 unspecified atom stereocenters. The van der Waals surface area contributed by atoms with Gasteiger partial charge in [-0.3, -0.25) is 0 Å². The van der Waals surface area contributed by atoms with E-state index >= 15 is 0 Å². The Labute approximate surface area is 169 Å². The van der Waals surface area contributed by atoms with Gasteiger partial charge in [0, 0.05) is 17.3 Å². The maximum absolute atomic E-state index is 6.15. The molecular weight excluding hydrogens is 378 g/mol. The van der Waals surface area contributed by atoms with Gasteiger partial charge < -0.3 is 9.30 Å². The van der Waals surface area contributed by atoms with E-state index in [2.05, 4.69) is 47.7 Å². The predicted octanol–water partition coefficient (Wildman–Crippen LogP) is 6.00. The van der Waals surface area contributed by atoms with Gasteiger partial charge in [0.15, 0.2) is 17.1 Å². The molecule has 142 valence electrons. The molecule has 3 aromatic rings. The second-order valence-electron chi connectivity index (χ2n) is 6.59. The van der Waals surface area contributed by atoms with E-state index in [0.717, 1.165) is 34.1 Å². The lowest BCUT2D eigenvalue weighted by Crippen LogP contribution is -2.12. The van der Waals surface area contributed by atoms with E-state index in [-0.39, 0.29) is 6.10 Å². The molecule has 0 bridgehead atoms. The van der Waals surface area contributed by atoms with Crippen LogP contribution in [0.1, 0.15) is 42.5 Å². The molecule has 27 heavy (non-hydrogen) atoms. The number of hydrogen-bond donors (Lipinski definition) is 0. The van der Waals surface area contributed by atoms with Crippen LogP contribution in [0.5, 0.6) is 5.75 Å². The van der Waals surface area contributed by atoms with Gasteiger partial charge in [-0.1, -0.05) is 41.6 Å². The summed E-state index contributed by atoms with van der Waals surface area (Å²) in [6.07, 6.45) is -0.181. The van der Waals surface area contributed by atoms with Gasteiger partial charge in [-0.05, 0) is 68.7 Å². The van der Waals surface area contributed by atoms with E-state index < -0.39 is 0 Å². The molecule has 0 amide bonds. The summed E-state index contributed by atoms with van der Waals surface area (Å²) in [5.41, 5.74) is 3.54. The maximum atomic E-state index is 6.15. The lowest BCUT2D eigenvalue weighted by molar-refractivity contribution is 0.209. The Kier molecular flexibility index (Phi) is 6.45. The number of benzene rings is 2. The maximum Gasteiger partial charge on any atom is 0.191 e. The average Bonchev–Trinajstić information content (AvgIpc) is 3.02. The molecule has 3 rings (SSSR count). The van der Waals surface area contributed by atoms with Gasteiger partial charge in [0.2, 0.25) is 0 Å². The van der Waals surface area contributed by atoms with Crippen molar-refractivity contribution in [2.75, 3.05) is 0 Å². The molecule has 1 heterocycles. The molecule has 1 atom stereocenters. The number of rotatable bonds is 7. The van der Waals surface area contributed by atoms with Crippen LogP contribution in [0.2, 0.25) is 5.02 Å². The minimum Gasteiger partial charge on any atom is -0.483 e. The fourth-order valence-electron chi connectivity index (χ4n) is 3.04. The van der Waals surface area contributed by atoms with Gasteiger partial charge >= 0.3 is 0 Å². The summed E-state index contributed by atoms with van der Waals surface area (Å²) in [4.78, 5) is 0. The highest BCUT2D eigenvalue weighted by atomic mass is 35.5. The molecule has 4 nitrogen and oxygen atoms in total. The molecule has 0 fully saturated rings. The van der Waals surface area contributed by atoms with Crippen LogP contribution < -0.4 is 4.74 Å². The summed E-state index contributed by atoms with van der Waals surface area (Å²) < 4.78 is 8.26. The first-order chi connectivity index (χ1) is 13.0. The Morgan fingerprint density at radius 1 is 1.11 bits per heavy atom. The second kappa shape index (κ2) is 8.81. The Morgan fingerprint density at radius 3 is 2.52 bits per heavy atom. The highest BCUT2D eigenvalue weighted by Crippen LogP contribution is 2.28. The van der Waals surface area contributed by atoms with Gasteiger partial charge in [0.25, 0.3) is 0 Å². The van der Waals surface area contributed by atoms with E-state index in [0.29, 0.717) is 0 Å². The van der Waals surface area contributed by atoms with Crippen molar-refractivity contribution in [1.82, 2.24) is 14.8 Å². The van der Waals surface area contributed by atoms with Gasteiger partial charge in [-0.15, -0.1) is 10.2 Å². The smallest absolute Gasteiger partial charge is 0.191 e. The Bertz CT molecular complexity index is 905. The SMILES string of the molecule is CCn1c(SCc2cccc(Cl)c2)nnc1C(C)Oc1cc(C)cc(C)c1. The van der Waals surface area contributed by atoms with Crippen LogP contribution in [0.4, 0.5) is 0 Å². The fourth-order valence-corrected chi connectivity index (χ4v) is 4.20. The molecule has 0 aliphatic heterocycles. The van der Waals surface area contributed by atoms with Crippen molar-refractivity contribution in [2.45, 2.75) is 51.3 Å². The third-order valence-electron chi connectivity index (χ3n) is 4.19. The van der Waals surface area contributed by atoms with Crippen molar-refractivity contribution in [3.8, 4) is 5.75 Å². The molecule has 0 aliphatic rings. The summed E-state index contributed by atoms with van der Waals surface area (Å²) in [6.45, 7) is 9.05. The Balaban J connectivity index is 1.74. The topological polar surface area (TPSA) is 39.9 Å². The zero-order chi connectivity index (χ0) is 19.4. The average molecular weight is 402 g/mol. The van der Waals surface area contributed by atoms with E-state index in [4.69, 9.17) is 16.3 Å². The summed E-state index contributed by atoms with van der Waals surface area (Å²) in [7, 11) is 0. The van der Waals surface area contributed by atoms with E-state index in [9.17, 15) is 0 Å². The largest absolute Gasteiger partial charge is 0.483 e. The highest BCUT2D eigenvalue weighted by molar-refractivity contribution is 7.98. The molecule has 0 saturated carbocycles. The zero-order valence-corrected chi connectivity index (χ0v) is 17.6. The number of hydrogen-bond acceptors (Lipinski definition) is 4. The summed E-state index contributed by atoms with van der Waals surface area (Å²) in [6, 6.07) is 14.1. The first-order valence-corrected chi connectivity index (χ1v) is 10.4. The second-order valence-corrected chi connectivity index (χ2v) is 7.97. The molecule has 0 spiro atoms. The van der Waals surface area contributed by atoms with E-state index in [1.54, 1.807) is 11.8 Å². The van der Waals surface area contributed by atoms with Crippen molar-refractivity contribution in [2.24, 2.45) is 0 Å². The quantitative estimate of drug-likeness (QED) is 0.455.